The molecule has 0 radical (unpaired) electrons. The zero-order valence-electron chi connectivity index (χ0n) is 11.8. The number of piperidine rings is 1. The van der Waals surface area contributed by atoms with E-state index in [1.165, 1.54) is 0 Å². The molecule has 0 bridgehead atoms. The Bertz CT molecular complexity index is 555. The fourth-order valence-corrected chi connectivity index (χ4v) is 2.43. The zero-order valence-corrected chi connectivity index (χ0v) is 11.8. The minimum absolute atomic E-state index is 0.0705. The summed E-state index contributed by atoms with van der Waals surface area (Å²) >= 11 is 0. The second-order valence-corrected chi connectivity index (χ2v) is 5.75. The van der Waals surface area contributed by atoms with Crippen LogP contribution in [0.25, 0.3) is 0 Å². The molecule has 1 amide bonds. The van der Waals surface area contributed by atoms with Crippen molar-refractivity contribution < 1.29 is 14.1 Å². The van der Waals surface area contributed by atoms with Gasteiger partial charge in [-0.15, -0.1) is 0 Å². The summed E-state index contributed by atoms with van der Waals surface area (Å²) < 4.78 is 13.3. The maximum Gasteiger partial charge on any atom is 0.566 e. The lowest BCUT2D eigenvalue weighted by Crippen LogP contribution is -2.36. The van der Waals surface area contributed by atoms with Crippen molar-refractivity contribution in [3.8, 4) is 0 Å². The Labute approximate surface area is 118 Å². The maximum absolute atomic E-state index is 11.4. The summed E-state index contributed by atoms with van der Waals surface area (Å²) in [7, 11) is -0.469. The Morgan fingerprint density at radius 2 is 2.40 bits per heavy atom. The minimum Gasteiger partial charge on any atom is -0.534 e. The molecule has 7 heteroatoms. The number of rotatable bonds is 2. The molecule has 20 heavy (non-hydrogen) atoms. The molecule has 0 aromatic carbocycles. The molecule has 0 aliphatic carbocycles. The van der Waals surface area contributed by atoms with E-state index in [0.29, 0.717) is 18.7 Å². The number of hydrogen-bond acceptors (Lipinski definition) is 4. The van der Waals surface area contributed by atoms with E-state index in [9.17, 15) is 4.79 Å². The zero-order chi connectivity index (χ0) is 14.3. The van der Waals surface area contributed by atoms with Crippen molar-refractivity contribution in [3.05, 3.63) is 24.7 Å². The van der Waals surface area contributed by atoms with Gasteiger partial charge in [-0.05, 0) is 20.3 Å². The molecule has 6 nitrogen and oxygen atoms in total. The van der Waals surface area contributed by atoms with Crippen LogP contribution in [-0.2, 0) is 14.1 Å². The summed E-state index contributed by atoms with van der Waals surface area (Å²) in [5, 5.41) is 7.16. The van der Waals surface area contributed by atoms with Crippen molar-refractivity contribution in [2.75, 3.05) is 6.54 Å². The number of nitrogens with zero attached hydrogens (tertiary/aromatic N) is 2. The van der Waals surface area contributed by atoms with Gasteiger partial charge in [0, 0.05) is 24.6 Å². The molecule has 2 saturated heterocycles. The molecule has 1 N–H and O–H groups in total. The number of carbonyl (C=O) groups is 1. The van der Waals surface area contributed by atoms with Gasteiger partial charge in [0.15, 0.2) is 0 Å². The molecule has 1 atom stereocenters. The van der Waals surface area contributed by atoms with Crippen molar-refractivity contribution in [1.29, 1.82) is 0 Å². The van der Waals surface area contributed by atoms with Crippen LogP contribution in [0.3, 0.4) is 0 Å². The fraction of sp³-hybridized carbons (Fsp3) is 0.538. The third-order valence-corrected chi connectivity index (χ3v) is 3.81. The van der Waals surface area contributed by atoms with Crippen molar-refractivity contribution >= 4 is 18.5 Å². The second kappa shape index (κ2) is 4.66. The molecular formula is C13H18BN3O3. The second-order valence-electron chi connectivity index (χ2n) is 5.75. The lowest BCUT2D eigenvalue weighted by atomic mass is 9.82. The van der Waals surface area contributed by atoms with E-state index in [2.05, 4.69) is 17.0 Å². The van der Waals surface area contributed by atoms with Crippen LogP contribution in [0.5, 0.6) is 0 Å². The third kappa shape index (κ3) is 2.33. The van der Waals surface area contributed by atoms with E-state index in [1.807, 2.05) is 24.7 Å². The smallest absolute Gasteiger partial charge is 0.534 e. The number of aromatic nitrogens is 2. The van der Waals surface area contributed by atoms with Gasteiger partial charge < -0.3 is 14.6 Å². The van der Waals surface area contributed by atoms with E-state index in [0.717, 1.165) is 11.9 Å². The largest absolute Gasteiger partial charge is 0.566 e. The highest BCUT2D eigenvalue weighted by molar-refractivity contribution is 6.62. The van der Waals surface area contributed by atoms with E-state index in [4.69, 9.17) is 9.31 Å². The Kier molecular flexibility index (Phi) is 3.09. The van der Waals surface area contributed by atoms with E-state index < -0.39 is 12.7 Å². The lowest BCUT2D eigenvalue weighted by Gasteiger charge is -2.22. The highest BCUT2D eigenvalue weighted by Gasteiger charge is 2.43. The fourth-order valence-electron chi connectivity index (χ4n) is 2.43. The van der Waals surface area contributed by atoms with Gasteiger partial charge in [-0.25, -0.2) is 0 Å². The Morgan fingerprint density at radius 3 is 3.05 bits per heavy atom. The number of hydrogen-bond donors (Lipinski definition) is 1. The number of carbonyl (C=O) groups excluding carboxylic acids is 1. The van der Waals surface area contributed by atoms with Crippen LogP contribution in [0.4, 0.5) is 0 Å². The van der Waals surface area contributed by atoms with Crippen LogP contribution >= 0.6 is 0 Å². The molecule has 0 saturated carbocycles. The monoisotopic (exact) mass is 275 g/mol. The predicted octanol–water partition coefficient (Wildman–Crippen LogP) is 0.368. The maximum atomic E-state index is 11.4. The first-order valence-electron chi connectivity index (χ1n) is 6.80. The molecule has 3 heterocycles. The third-order valence-electron chi connectivity index (χ3n) is 3.81. The highest BCUT2D eigenvalue weighted by atomic mass is 16.7. The Morgan fingerprint density at radius 1 is 1.60 bits per heavy atom. The van der Waals surface area contributed by atoms with Crippen LogP contribution in [0, 0.1) is 0 Å². The lowest BCUT2D eigenvalue weighted by molar-refractivity contribution is -0.123. The molecule has 0 unspecified atom stereocenters. The van der Waals surface area contributed by atoms with Crippen LogP contribution in [-0.4, -0.2) is 35.0 Å². The van der Waals surface area contributed by atoms with Crippen LogP contribution in [0.1, 0.15) is 32.7 Å². The van der Waals surface area contributed by atoms with Crippen molar-refractivity contribution in [1.82, 2.24) is 15.1 Å². The van der Waals surface area contributed by atoms with Gasteiger partial charge in [0.2, 0.25) is 5.91 Å². The molecule has 2 aliphatic heterocycles. The van der Waals surface area contributed by atoms with Gasteiger partial charge in [0.05, 0.1) is 18.0 Å². The molecule has 1 aromatic rings. The SMILES string of the molecule is C=C1OB(c2cnn([C@H]3CCNC(=O)C3)c2)OC1(C)C. The normalized spacial score (nSPS) is 25.5. The predicted molar refractivity (Wildman–Crippen MR) is 74.3 cm³/mol. The summed E-state index contributed by atoms with van der Waals surface area (Å²) in [6.07, 6.45) is 4.97. The first-order valence-corrected chi connectivity index (χ1v) is 6.80. The molecule has 106 valence electrons. The average molecular weight is 275 g/mol. The molecule has 2 fully saturated rings. The summed E-state index contributed by atoms with van der Waals surface area (Å²) in [4.78, 5) is 11.4. The van der Waals surface area contributed by atoms with Crippen molar-refractivity contribution in [2.45, 2.75) is 38.3 Å². The average Bonchev–Trinajstić information content (AvgIpc) is 2.95. The van der Waals surface area contributed by atoms with Gasteiger partial charge in [-0.1, -0.05) is 6.58 Å². The summed E-state index contributed by atoms with van der Waals surface area (Å²) in [5.41, 5.74) is 0.361. The topological polar surface area (TPSA) is 65.4 Å². The van der Waals surface area contributed by atoms with Gasteiger partial charge in [-0.3, -0.25) is 9.48 Å². The molecule has 1 aromatic heterocycles. The van der Waals surface area contributed by atoms with E-state index in [-0.39, 0.29) is 11.9 Å². The van der Waals surface area contributed by atoms with Gasteiger partial charge in [0.25, 0.3) is 0 Å². The minimum atomic E-state index is -0.489. The van der Waals surface area contributed by atoms with Gasteiger partial charge in [-0.2, -0.15) is 5.10 Å². The first-order chi connectivity index (χ1) is 9.45. The quantitative estimate of drug-likeness (QED) is 0.792. The van der Waals surface area contributed by atoms with Gasteiger partial charge in [0.1, 0.15) is 5.60 Å². The Balaban J connectivity index is 1.74. The first kappa shape index (κ1) is 13.2. The van der Waals surface area contributed by atoms with Crippen molar-refractivity contribution in [2.24, 2.45) is 0 Å². The molecule has 0 spiro atoms. The highest BCUT2D eigenvalue weighted by Crippen LogP contribution is 2.29. The Hall–Kier alpha value is -1.76. The van der Waals surface area contributed by atoms with Crippen molar-refractivity contribution in [3.63, 3.8) is 0 Å². The van der Waals surface area contributed by atoms with Gasteiger partial charge >= 0.3 is 7.12 Å². The van der Waals surface area contributed by atoms with E-state index >= 15 is 0 Å². The molecular weight excluding hydrogens is 257 g/mol. The number of nitrogens with one attached hydrogen (secondary N) is 1. The standard InChI is InChI=1S/C13H18BN3O3/c1-9-13(2,3)20-14(19-9)10-7-16-17(8-10)11-4-5-15-12(18)6-11/h7-8,11H,1,4-6H2,2-3H3,(H,15,18)/t11-/m0/s1. The summed E-state index contributed by atoms with van der Waals surface area (Å²) in [6, 6.07) is 0.107. The summed E-state index contributed by atoms with van der Waals surface area (Å²) in [5.74, 6) is 0.688. The van der Waals surface area contributed by atoms with Crippen LogP contribution < -0.4 is 10.8 Å². The van der Waals surface area contributed by atoms with E-state index in [1.54, 1.807) is 6.20 Å². The molecule has 2 aliphatic rings. The van der Waals surface area contributed by atoms with Crippen LogP contribution in [0.2, 0.25) is 0 Å². The van der Waals surface area contributed by atoms with Crippen LogP contribution in [0.15, 0.2) is 24.7 Å². The number of amides is 1. The summed E-state index contributed by atoms with van der Waals surface area (Å²) in [6.45, 7) is 8.40. The molecule has 3 rings (SSSR count).